The average molecular weight is 404 g/mol. The Bertz CT molecular complexity index is 1220. The predicted octanol–water partition coefficient (Wildman–Crippen LogP) is 5.44. The van der Waals surface area contributed by atoms with E-state index in [1.807, 2.05) is 18.2 Å². The third-order valence-electron chi connectivity index (χ3n) is 5.45. The first-order valence-electron chi connectivity index (χ1n) is 9.79. The summed E-state index contributed by atoms with van der Waals surface area (Å²) in [7, 11) is -3.32. The number of hydrogen-bond acceptors (Lipinski definition) is 2. The summed E-state index contributed by atoms with van der Waals surface area (Å²) in [4.78, 5) is 0. The predicted molar refractivity (Wildman–Crippen MR) is 122 cm³/mol. The molecule has 3 aromatic carbocycles. The molecule has 4 heteroatoms. The summed E-state index contributed by atoms with van der Waals surface area (Å²) in [5, 5.41) is 0. The van der Waals surface area contributed by atoms with Crippen molar-refractivity contribution in [1.82, 2.24) is 0 Å². The van der Waals surface area contributed by atoms with Crippen molar-refractivity contribution >= 4 is 26.9 Å². The van der Waals surface area contributed by atoms with Gasteiger partial charge in [0.15, 0.2) is 0 Å². The van der Waals surface area contributed by atoms with Crippen LogP contribution in [0.1, 0.15) is 40.3 Å². The van der Waals surface area contributed by atoms with Crippen LogP contribution in [0.4, 0.5) is 5.69 Å². The van der Waals surface area contributed by atoms with Crippen molar-refractivity contribution in [2.75, 3.05) is 11.0 Å². The largest absolute Gasteiger partial charge is 0.284 e. The van der Waals surface area contributed by atoms with Crippen molar-refractivity contribution in [1.29, 1.82) is 0 Å². The van der Waals surface area contributed by atoms with Crippen LogP contribution >= 0.6 is 0 Å². The maximum absolute atomic E-state index is 11.7. The van der Waals surface area contributed by atoms with Gasteiger partial charge >= 0.3 is 0 Å². The lowest BCUT2D eigenvalue weighted by atomic mass is 9.87. The Balaban J connectivity index is 1.95. The number of rotatable bonds is 3. The Morgan fingerprint density at radius 2 is 1.59 bits per heavy atom. The van der Waals surface area contributed by atoms with Gasteiger partial charge in [-0.25, -0.2) is 8.42 Å². The van der Waals surface area contributed by atoms with E-state index in [0.29, 0.717) is 5.69 Å². The minimum Gasteiger partial charge on any atom is -0.284 e. The van der Waals surface area contributed by atoms with Gasteiger partial charge in [-0.15, -0.1) is 0 Å². The van der Waals surface area contributed by atoms with Crippen LogP contribution in [0.25, 0.3) is 11.1 Å². The Morgan fingerprint density at radius 3 is 2.38 bits per heavy atom. The third kappa shape index (κ3) is 4.13. The van der Waals surface area contributed by atoms with E-state index in [1.54, 1.807) is 6.07 Å². The number of allylic oxidation sites excluding steroid dienone is 1. The molecule has 0 fully saturated rings. The molecular formula is C25H25NO2S. The van der Waals surface area contributed by atoms with Crippen molar-refractivity contribution in [2.45, 2.75) is 26.7 Å². The van der Waals surface area contributed by atoms with Crippen LogP contribution in [0.5, 0.6) is 0 Å². The lowest BCUT2D eigenvalue weighted by Crippen LogP contribution is -2.09. The highest BCUT2D eigenvalue weighted by molar-refractivity contribution is 7.92. The summed E-state index contributed by atoms with van der Waals surface area (Å²) in [5.41, 5.74) is 10.5. The minimum atomic E-state index is -3.32. The van der Waals surface area contributed by atoms with E-state index in [-0.39, 0.29) is 0 Å². The van der Waals surface area contributed by atoms with Crippen LogP contribution in [0.2, 0.25) is 0 Å². The average Bonchev–Trinajstić information content (AvgIpc) is 2.83. The Kier molecular flexibility index (Phi) is 5.05. The second-order valence-electron chi connectivity index (χ2n) is 7.77. The van der Waals surface area contributed by atoms with Gasteiger partial charge in [-0.2, -0.15) is 0 Å². The highest BCUT2D eigenvalue weighted by Crippen LogP contribution is 2.39. The zero-order valence-electron chi connectivity index (χ0n) is 17.0. The molecule has 29 heavy (non-hydrogen) atoms. The smallest absolute Gasteiger partial charge is 0.229 e. The number of hydrogen-bond donors (Lipinski definition) is 1. The third-order valence-corrected chi connectivity index (χ3v) is 6.06. The molecule has 0 atom stereocenters. The van der Waals surface area contributed by atoms with Gasteiger partial charge in [0, 0.05) is 5.69 Å². The summed E-state index contributed by atoms with van der Waals surface area (Å²) >= 11 is 0. The van der Waals surface area contributed by atoms with Crippen LogP contribution in [0, 0.1) is 6.92 Å². The summed E-state index contributed by atoms with van der Waals surface area (Å²) in [6.07, 6.45) is 3.20. The minimum absolute atomic E-state index is 0.580. The van der Waals surface area contributed by atoms with E-state index >= 15 is 0 Å². The number of nitrogens with one attached hydrogen (secondary N) is 1. The van der Waals surface area contributed by atoms with E-state index in [4.69, 9.17) is 0 Å². The molecule has 3 nitrogen and oxygen atoms in total. The molecule has 0 saturated heterocycles. The van der Waals surface area contributed by atoms with E-state index < -0.39 is 10.0 Å². The zero-order chi connectivity index (χ0) is 20.6. The van der Waals surface area contributed by atoms with Gasteiger partial charge in [-0.3, -0.25) is 4.72 Å². The van der Waals surface area contributed by atoms with Gasteiger partial charge in [-0.1, -0.05) is 60.2 Å². The fraction of sp³-hybridized carbons (Fsp3) is 0.200. The van der Waals surface area contributed by atoms with Crippen LogP contribution < -0.4 is 4.72 Å². The highest BCUT2D eigenvalue weighted by atomic mass is 32.2. The van der Waals surface area contributed by atoms with Crippen LogP contribution in [0.15, 0.2) is 66.7 Å². The Hall–Kier alpha value is -2.85. The zero-order valence-corrected chi connectivity index (χ0v) is 17.8. The molecule has 0 bridgehead atoms. The quantitative estimate of drug-likeness (QED) is 0.632. The Labute approximate surface area is 173 Å². The van der Waals surface area contributed by atoms with Gasteiger partial charge in [0.2, 0.25) is 10.0 Å². The van der Waals surface area contributed by atoms with Gasteiger partial charge in [0.05, 0.1) is 6.26 Å². The molecule has 0 amide bonds. The number of benzene rings is 3. The fourth-order valence-electron chi connectivity index (χ4n) is 4.15. The van der Waals surface area contributed by atoms with Gasteiger partial charge < -0.3 is 0 Å². The molecule has 1 aliphatic rings. The molecule has 0 heterocycles. The topological polar surface area (TPSA) is 46.2 Å². The molecule has 0 unspecified atom stereocenters. The van der Waals surface area contributed by atoms with Gasteiger partial charge in [0.25, 0.3) is 0 Å². The standard InChI is InChI=1S/C25H25NO2S/c1-17-11-14-24-21(15-17)13-12-19-7-4-5-10-23(19)25(24)18(2)20-8-6-9-22(16-20)26-29(3,27)28/h4-11,14-16,26H,12-13H2,1-3H3. The molecule has 4 rings (SSSR count). The maximum atomic E-state index is 11.7. The van der Waals surface area contributed by atoms with Crippen molar-refractivity contribution in [2.24, 2.45) is 0 Å². The number of fused-ring (bicyclic) bond motifs is 2. The first-order valence-corrected chi connectivity index (χ1v) is 11.7. The molecule has 0 aromatic heterocycles. The van der Waals surface area contributed by atoms with E-state index in [2.05, 4.69) is 61.0 Å². The molecular weight excluding hydrogens is 378 g/mol. The molecule has 1 N–H and O–H groups in total. The maximum Gasteiger partial charge on any atom is 0.229 e. The number of anilines is 1. The summed E-state index contributed by atoms with van der Waals surface area (Å²) in [6.45, 7) is 4.26. The van der Waals surface area contributed by atoms with Crippen molar-refractivity contribution < 1.29 is 8.42 Å². The fourth-order valence-corrected chi connectivity index (χ4v) is 4.70. The lowest BCUT2D eigenvalue weighted by Gasteiger charge is -2.17. The van der Waals surface area contributed by atoms with Crippen LogP contribution in [-0.4, -0.2) is 14.7 Å². The normalized spacial score (nSPS) is 15.1. The van der Waals surface area contributed by atoms with E-state index in [1.165, 1.54) is 39.6 Å². The molecule has 0 radical (unpaired) electrons. The molecule has 1 aliphatic carbocycles. The van der Waals surface area contributed by atoms with E-state index in [0.717, 1.165) is 24.0 Å². The first kappa shape index (κ1) is 19.5. The molecule has 148 valence electrons. The highest BCUT2D eigenvalue weighted by Gasteiger charge is 2.20. The van der Waals surface area contributed by atoms with Crippen molar-refractivity contribution in [3.63, 3.8) is 0 Å². The number of aryl methyl sites for hydroxylation is 3. The van der Waals surface area contributed by atoms with Crippen molar-refractivity contribution in [3.8, 4) is 0 Å². The van der Waals surface area contributed by atoms with Crippen molar-refractivity contribution in [3.05, 3.63) is 100 Å². The first-order chi connectivity index (χ1) is 13.8. The SMILES string of the molecule is CC(=C1c2ccccc2CCc2cc(C)ccc21)c1cccc(NS(C)(=O)=O)c1. The van der Waals surface area contributed by atoms with Crippen LogP contribution in [0.3, 0.4) is 0 Å². The molecule has 3 aromatic rings. The molecule has 0 aliphatic heterocycles. The monoisotopic (exact) mass is 403 g/mol. The number of sulfonamides is 1. The molecule has 0 spiro atoms. The molecule has 0 saturated carbocycles. The van der Waals surface area contributed by atoms with Crippen LogP contribution in [-0.2, 0) is 22.9 Å². The van der Waals surface area contributed by atoms with Gasteiger partial charge in [0.1, 0.15) is 0 Å². The van der Waals surface area contributed by atoms with E-state index in [9.17, 15) is 8.42 Å². The van der Waals surface area contributed by atoms with Gasteiger partial charge in [-0.05, 0) is 77.8 Å². The lowest BCUT2D eigenvalue weighted by molar-refractivity contribution is 0.607. The Morgan fingerprint density at radius 1 is 0.862 bits per heavy atom. The summed E-state index contributed by atoms with van der Waals surface area (Å²) in [5.74, 6) is 0. The summed E-state index contributed by atoms with van der Waals surface area (Å²) < 4.78 is 25.9. The second kappa shape index (κ2) is 7.53. The second-order valence-corrected chi connectivity index (χ2v) is 9.52. The summed E-state index contributed by atoms with van der Waals surface area (Å²) in [6, 6.07) is 22.9.